The van der Waals surface area contributed by atoms with Gasteiger partial charge in [-0.15, -0.1) is 0 Å². The smallest absolute Gasteiger partial charge is 0.354 e. The minimum absolute atomic E-state index is 0.0589. The predicted octanol–water partition coefficient (Wildman–Crippen LogP) is 2.95. The van der Waals surface area contributed by atoms with E-state index in [9.17, 15) is 14.3 Å². The zero-order valence-corrected chi connectivity index (χ0v) is 11.0. The van der Waals surface area contributed by atoms with E-state index in [0.29, 0.717) is 0 Å². The Bertz CT molecular complexity index is 690. The molecular formula is C13H9ClFNO4. The molecule has 0 aliphatic rings. The maximum absolute atomic E-state index is 13.7. The van der Waals surface area contributed by atoms with Crippen molar-refractivity contribution in [3.05, 3.63) is 40.8 Å². The van der Waals surface area contributed by atoms with Gasteiger partial charge in [0.05, 0.1) is 7.11 Å². The largest absolute Gasteiger partial charge is 0.506 e. The Morgan fingerprint density at radius 2 is 2.10 bits per heavy atom. The highest BCUT2D eigenvalue weighted by Gasteiger charge is 2.16. The fourth-order valence-electron chi connectivity index (χ4n) is 1.63. The van der Waals surface area contributed by atoms with Gasteiger partial charge in [-0.05, 0) is 24.3 Å². The molecule has 0 unspecified atom stereocenters. The van der Waals surface area contributed by atoms with Gasteiger partial charge >= 0.3 is 5.97 Å². The van der Waals surface area contributed by atoms with Crippen LogP contribution in [-0.2, 0) is 0 Å². The minimum atomic E-state index is -1.26. The molecule has 5 nitrogen and oxygen atoms in total. The van der Waals surface area contributed by atoms with Crippen LogP contribution >= 0.6 is 11.6 Å². The van der Waals surface area contributed by atoms with Gasteiger partial charge in [0.2, 0.25) is 0 Å². The van der Waals surface area contributed by atoms with E-state index in [-0.39, 0.29) is 33.5 Å². The Hall–Kier alpha value is -2.34. The number of carbonyl (C=O) groups is 1. The lowest BCUT2D eigenvalue weighted by Gasteiger charge is -2.09. The zero-order chi connectivity index (χ0) is 14.9. The van der Waals surface area contributed by atoms with Crippen LogP contribution in [0.3, 0.4) is 0 Å². The fourth-order valence-corrected chi connectivity index (χ4v) is 1.82. The van der Waals surface area contributed by atoms with Crippen molar-refractivity contribution in [2.45, 2.75) is 0 Å². The number of aromatic hydroxyl groups is 1. The molecule has 20 heavy (non-hydrogen) atoms. The van der Waals surface area contributed by atoms with Crippen LogP contribution < -0.4 is 4.74 Å². The number of methoxy groups -OCH3 is 1. The number of aromatic carboxylic acids is 1. The third kappa shape index (κ3) is 2.50. The van der Waals surface area contributed by atoms with E-state index in [2.05, 4.69) is 4.98 Å². The van der Waals surface area contributed by atoms with Gasteiger partial charge in [-0.2, -0.15) is 0 Å². The van der Waals surface area contributed by atoms with Gasteiger partial charge in [0.15, 0.2) is 0 Å². The van der Waals surface area contributed by atoms with Crippen LogP contribution in [-0.4, -0.2) is 28.3 Å². The standard InChI is InChI=1S/C13H9ClFNO4/c1-20-10-5-6(4-7(15)11(10)14)12-9(17)3-2-8(16-12)13(18)19/h2-5,17H,1H3,(H,18,19). The summed E-state index contributed by atoms with van der Waals surface area (Å²) in [5, 5.41) is 18.4. The van der Waals surface area contributed by atoms with Gasteiger partial charge in [-0.3, -0.25) is 0 Å². The SMILES string of the molecule is COc1cc(-c2nc(C(=O)O)ccc2O)cc(F)c1Cl. The summed E-state index contributed by atoms with van der Waals surface area (Å²) in [5.41, 5.74) is -0.185. The second kappa shape index (κ2) is 5.34. The minimum Gasteiger partial charge on any atom is -0.506 e. The molecular weight excluding hydrogens is 289 g/mol. The Morgan fingerprint density at radius 3 is 2.70 bits per heavy atom. The van der Waals surface area contributed by atoms with Crippen molar-refractivity contribution in [3.8, 4) is 22.8 Å². The van der Waals surface area contributed by atoms with Crippen LogP contribution in [0, 0.1) is 5.82 Å². The molecule has 2 N–H and O–H groups in total. The molecule has 0 fully saturated rings. The summed E-state index contributed by atoms with van der Waals surface area (Å²) in [6.45, 7) is 0. The summed E-state index contributed by atoms with van der Waals surface area (Å²) in [5.74, 6) is -2.24. The van der Waals surface area contributed by atoms with Crippen molar-refractivity contribution >= 4 is 17.6 Å². The number of pyridine rings is 1. The highest BCUT2D eigenvalue weighted by Crippen LogP contribution is 2.35. The van der Waals surface area contributed by atoms with E-state index in [1.54, 1.807) is 0 Å². The number of benzene rings is 1. The van der Waals surface area contributed by atoms with Crippen LogP contribution in [0.1, 0.15) is 10.5 Å². The van der Waals surface area contributed by atoms with Gasteiger partial charge in [0, 0.05) is 5.56 Å². The predicted molar refractivity (Wildman–Crippen MR) is 69.8 cm³/mol. The first kappa shape index (κ1) is 14.1. The summed E-state index contributed by atoms with van der Waals surface area (Å²) < 4.78 is 18.6. The van der Waals surface area contributed by atoms with E-state index >= 15 is 0 Å². The van der Waals surface area contributed by atoms with E-state index in [0.717, 1.165) is 12.1 Å². The zero-order valence-electron chi connectivity index (χ0n) is 10.2. The molecule has 7 heteroatoms. The van der Waals surface area contributed by atoms with Crippen LogP contribution in [0.2, 0.25) is 5.02 Å². The van der Waals surface area contributed by atoms with Gasteiger partial charge in [0.1, 0.15) is 33.7 Å². The summed E-state index contributed by atoms with van der Waals surface area (Å²) in [7, 11) is 1.31. The second-order valence-electron chi connectivity index (χ2n) is 3.84. The Labute approximate surface area is 118 Å². The van der Waals surface area contributed by atoms with Crippen LogP contribution in [0.5, 0.6) is 11.5 Å². The van der Waals surface area contributed by atoms with Gasteiger partial charge in [-0.1, -0.05) is 11.6 Å². The van der Waals surface area contributed by atoms with Gasteiger partial charge in [0.25, 0.3) is 0 Å². The molecule has 104 valence electrons. The Balaban J connectivity index is 2.64. The molecule has 2 aromatic rings. The van der Waals surface area contributed by atoms with Gasteiger partial charge < -0.3 is 14.9 Å². The van der Waals surface area contributed by atoms with Crippen molar-refractivity contribution in [2.75, 3.05) is 7.11 Å². The summed E-state index contributed by atoms with van der Waals surface area (Å²) in [6.07, 6.45) is 0. The molecule has 0 bridgehead atoms. The molecule has 0 radical (unpaired) electrons. The molecule has 1 heterocycles. The quantitative estimate of drug-likeness (QED) is 0.910. The topological polar surface area (TPSA) is 79.7 Å². The third-order valence-electron chi connectivity index (χ3n) is 2.58. The maximum atomic E-state index is 13.7. The summed E-state index contributed by atoms with van der Waals surface area (Å²) >= 11 is 5.70. The maximum Gasteiger partial charge on any atom is 0.354 e. The summed E-state index contributed by atoms with van der Waals surface area (Å²) in [6, 6.07) is 4.72. The lowest BCUT2D eigenvalue weighted by atomic mass is 10.1. The molecule has 1 aromatic heterocycles. The number of rotatable bonds is 3. The highest BCUT2D eigenvalue weighted by molar-refractivity contribution is 6.32. The first-order chi connectivity index (χ1) is 9.43. The number of carboxylic acids is 1. The first-order valence-corrected chi connectivity index (χ1v) is 5.78. The second-order valence-corrected chi connectivity index (χ2v) is 4.22. The third-order valence-corrected chi connectivity index (χ3v) is 2.95. The lowest BCUT2D eigenvalue weighted by molar-refractivity contribution is 0.0690. The van der Waals surface area contributed by atoms with Crippen molar-refractivity contribution in [3.63, 3.8) is 0 Å². The number of hydrogen-bond donors (Lipinski definition) is 2. The first-order valence-electron chi connectivity index (χ1n) is 5.40. The average Bonchev–Trinajstić information content (AvgIpc) is 2.42. The van der Waals surface area contributed by atoms with Crippen LogP contribution in [0.15, 0.2) is 24.3 Å². The molecule has 0 amide bonds. The van der Waals surface area contributed by atoms with Crippen molar-refractivity contribution in [2.24, 2.45) is 0 Å². The number of ether oxygens (including phenoxy) is 1. The normalized spacial score (nSPS) is 10.3. The number of halogens is 2. The van der Waals surface area contributed by atoms with Gasteiger partial charge in [-0.25, -0.2) is 14.2 Å². The molecule has 0 saturated carbocycles. The van der Waals surface area contributed by atoms with Crippen molar-refractivity contribution < 1.29 is 24.1 Å². The number of aromatic nitrogens is 1. The van der Waals surface area contributed by atoms with E-state index < -0.39 is 11.8 Å². The van der Waals surface area contributed by atoms with Crippen LogP contribution in [0.25, 0.3) is 11.3 Å². The average molecular weight is 298 g/mol. The lowest BCUT2D eigenvalue weighted by Crippen LogP contribution is -2.01. The van der Waals surface area contributed by atoms with E-state index in [4.69, 9.17) is 21.4 Å². The van der Waals surface area contributed by atoms with Crippen molar-refractivity contribution in [1.82, 2.24) is 4.98 Å². The molecule has 1 aromatic carbocycles. The Kier molecular flexibility index (Phi) is 3.76. The fraction of sp³-hybridized carbons (Fsp3) is 0.0769. The molecule has 0 spiro atoms. The molecule has 0 aliphatic heterocycles. The monoisotopic (exact) mass is 297 g/mol. The van der Waals surface area contributed by atoms with Crippen molar-refractivity contribution in [1.29, 1.82) is 0 Å². The number of nitrogens with zero attached hydrogens (tertiary/aromatic N) is 1. The number of hydrogen-bond acceptors (Lipinski definition) is 4. The molecule has 0 atom stereocenters. The number of carboxylic acid groups (broad SMARTS) is 1. The van der Waals surface area contributed by atoms with E-state index in [1.807, 2.05) is 0 Å². The summed E-state index contributed by atoms with van der Waals surface area (Å²) in [4.78, 5) is 14.6. The highest BCUT2D eigenvalue weighted by atomic mass is 35.5. The molecule has 0 saturated heterocycles. The Morgan fingerprint density at radius 1 is 1.40 bits per heavy atom. The molecule has 0 aliphatic carbocycles. The van der Waals surface area contributed by atoms with E-state index in [1.165, 1.54) is 19.2 Å². The molecule has 2 rings (SSSR count). The van der Waals surface area contributed by atoms with Crippen LogP contribution in [0.4, 0.5) is 4.39 Å².